The van der Waals surface area contributed by atoms with Crippen LogP contribution < -0.4 is 0 Å². The van der Waals surface area contributed by atoms with E-state index in [0.717, 1.165) is 6.42 Å². The first kappa shape index (κ1) is 11.4. The first-order chi connectivity index (χ1) is 5.40. The summed E-state index contributed by atoms with van der Waals surface area (Å²) < 4.78 is 5.03. The van der Waals surface area contributed by atoms with E-state index in [4.69, 9.17) is 9.84 Å². The van der Waals surface area contributed by atoms with Crippen LogP contribution in [0.5, 0.6) is 0 Å². The molecule has 12 heavy (non-hydrogen) atoms. The van der Waals surface area contributed by atoms with Crippen LogP contribution >= 0.6 is 0 Å². The molecule has 0 rings (SSSR count). The quantitative estimate of drug-likeness (QED) is 0.692. The van der Waals surface area contributed by atoms with Crippen LogP contribution in [0.2, 0.25) is 0 Å². The van der Waals surface area contributed by atoms with Crippen molar-refractivity contribution in [3.05, 3.63) is 0 Å². The van der Waals surface area contributed by atoms with Gasteiger partial charge in [0.2, 0.25) is 0 Å². The smallest absolute Gasteiger partial charge is 0.309 e. The van der Waals surface area contributed by atoms with E-state index in [0.29, 0.717) is 6.42 Å². The number of methoxy groups -OCH3 is 1. The lowest BCUT2D eigenvalue weighted by atomic mass is 9.87. The number of ether oxygens (including phenoxy) is 1. The lowest BCUT2D eigenvalue weighted by Gasteiger charge is -2.20. The molecule has 0 bridgehead atoms. The second-order valence-corrected chi connectivity index (χ2v) is 3.77. The van der Waals surface area contributed by atoms with Gasteiger partial charge >= 0.3 is 5.97 Å². The Balaban J connectivity index is 3.83. The van der Waals surface area contributed by atoms with Crippen LogP contribution in [0.25, 0.3) is 0 Å². The summed E-state index contributed by atoms with van der Waals surface area (Å²) in [7, 11) is 1.64. The Bertz CT molecular complexity index is 152. The molecule has 0 aliphatic heterocycles. The molecule has 3 heteroatoms. The van der Waals surface area contributed by atoms with Gasteiger partial charge in [-0.25, -0.2) is 0 Å². The SMILES string of the molecule is COC(C)CCC(C)(C)C(=O)O. The molecular formula is C9H18O3. The molecular weight excluding hydrogens is 156 g/mol. The number of carboxylic acids is 1. The van der Waals surface area contributed by atoms with Crippen molar-refractivity contribution in [2.45, 2.75) is 39.7 Å². The summed E-state index contributed by atoms with van der Waals surface area (Å²) in [6.45, 7) is 5.41. The first-order valence-corrected chi connectivity index (χ1v) is 4.16. The molecule has 1 N–H and O–H groups in total. The van der Waals surface area contributed by atoms with Crippen molar-refractivity contribution in [1.82, 2.24) is 0 Å². The maximum absolute atomic E-state index is 10.7. The van der Waals surface area contributed by atoms with Crippen molar-refractivity contribution in [2.24, 2.45) is 5.41 Å². The molecule has 0 saturated heterocycles. The zero-order chi connectivity index (χ0) is 9.78. The third-order valence-corrected chi connectivity index (χ3v) is 2.16. The van der Waals surface area contributed by atoms with Crippen molar-refractivity contribution in [2.75, 3.05) is 7.11 Å². The minimum absolute atomic E-state index is 0.142. The van der Waals surface area contributed by atoms with Gasteiger partial charge in [-0.1, -0.05) is 0 Å². The molecule has 0 aromatic heterocycles. The maximum Gasteiger partial charge on any atom is 0.309 e. The highest BCUT2D eigenvalue weighted by Gasteiger charge is 2.26. The minimum Gasteiger partial charge on any atom is -0.481 e. The molecule has 0 aliphatic carbocycles. The third kappa shape index (κ3) is 3.72. The van der Waals surface area contributed by atoms with Crippen LogP contribution in [0.4, 0.5) is 0 Å². The van der Waals surface area contributed by atoms with E-state index in [9.17, 15) is 4.79 Å². The molecule has 0 heterocycles. The molecule has 0 aliphatic rings. The van der Waals surface area contributed by atoms with Crippen molar-refractivity contribution < 1.29 is 14.6 Å². The van der Waals surface area contributed by atoms with E-state index in [-0.39, 0.29) is 6.10 Å². The highest BCUT2D eigenvalue weighted by atomic mass is 16.5. The molecule has 0 fully saturated rings. The number of carbonyl (C=O) groups is 1. The Morgan fingerprint density at radius 1 is 1.58 bits per heavy atom. The Morgan fingerprint density at radius 3 is 2.42 bits per heavy atom. The Labute approximate surface area is 73.7 Å². The Morgan fingerprint density at radius 2 is 2.08 bits per heavy atom. The highest BCUT2D eigenvalue weighted by molar-refractivity contribution is 5.73. The summed E-state index contributed by atoms with van der Waals surface area (Å²) >= 11 is 0. The molecule has 1 atom stereocenters. The van der Waals surface area contributed by atoms with Gasteiger partial charge in [0.1, 0.15) is 0 Å². The van der Waals surface area contributed by atoms with Crippen molar-refractivity contribution in [3.63, 3.8) is 0 Å². The molecule has 3 nitrogen and oxygen atoms in total. The van der Waals surface area contributed by atoms with E-state index < -0.39 is 11.4 Å². The number of hydrogen-bond acceptors (Lipinski definition) is 2. The average molecular weight is 174 g/mol. The topological polar surface area (TPSA) is 46.5 Å². The average Bonchev–Trinajstić information content (AvgIpc) is 2.00. The lowest BCUT2D eigenvalue weighted by molar-refractivity contribution is -0.147. The molecule has 0 aromatic rings. The normalized spacial score (nSPS) is 14.3. The third-order valence-electron chi connectivity index (χ3n) is 2.16. The largest absolute Gasteiger partial charge is 0.481 e. The van der Waals surface area contributed by atoms with Gasteiger partial charge < -0.3 is 9.84 Å². The molecule has 72 valence electrons. The first-order valence-electron chi connectivity index (χ1n) is 4.16. The summed E-state index contributed by atoms with van der Waals surface area (Å²) in [5, 5.41) is 8.79. The second-order valence-electron chi connectivity index (χ2n) is 3.77. The summed E-state index contributed by atoms with van der Waals surface area (Å²) in [4.78, 5) is 10.7. The van der Waals surface area contributed by atoms with Gasteiger partial charge in [0.15, 0.2) is 0 Å². The number of carboxylic acid groups (broad SMARTS) is 1. The van der Waals surface area contributed by atoms with E-state index in [1.54, 1.807) is 21.0 Å². The monoisotopic (exact) mass is 174 g/mol. The summed E-state index contributed by atoms with van der Waals surface area (Å²) in [5.74, 6) is -0.745. The fourth-order valence-electron chi connectivity index (χ4n) is 0.789. The highest BCUT2D eigenvalue weighted by Crippen LogP contribution is 2.23. The number of aliphatic carboxylic acids is 1. The predicted octanol–water partition coefficient (Wildman–Crippen LogP) is 1.91. The minimum atomic E-state index is -0.745. The van der Waals surface area contributed by atoms with E-state index in [1.807, 2.05) is 6.92 Å². The Hall–Kier alpha value is -0.570. The van der Waals surface area contributed by atoms with Gasteiger partial charge in [-0.15, -0.1) is 0 Å². The van der Waals surface area contributed by atoms with Gasteiger partial charge in [0, 0.05) is 7.11 Å². The van der Waals surface area contributed by atoms with Gasteiger partial charge in [0.25, 0.3) is 0 Å². The molecule has 0 radical (unpaired) electrons. The van der Waals surface area contributed by atoms with E-state index >= 15 is 0 Å². The van der Waals surface area contributed by atoms with Gasteiger partial charge in [0.05, 0.1) is 11.5 Å². The van der Waals surface area contributed by atoms with Gasteiger partial charge in [-0.2, -0.15) is 0 Å². The number of rotatable bonds is 5. The summed E-state index contributed by atoms with van der Waals surface area (Å²) in [6, 6.07) is 0. The van der Waals surface area contributed by atoms with Crippen LogP contribution in [0, 0.1) is 5.41 Å². The molecule has 0 amide bonds. The molecule has 1 unspecified atom stereocenters. The number of hydrogen-bond donors (Lipinski definition) is 1. The van der Waals surface area contributed by atoms with Crippen LogP contribution in [-0.4, -0.2) is 24.3 Å². The molecule has 0 saturated carbocycles. The van der Waals surface area contributed by atoms with Gasteiger partial charge in [-0.05, 0) is 33.6 Å². The van der Waals surface area contributed by atoms with Gasteiger partial charge in [-0.3, -0.25) is 4.79 Å². The summed E-state index contributed by atoms with van der Waals surface area (Å²) in [5.41, 5.74) is -0.632. The van der Waals surface area contributed by atoms with Crippen LogP contribution in [-0.2, 0) is 9.53 Å². The standard InChI is InChI=1S/C9H18O3/c1-7(12-4)5-6-9(2,3)8(10)11/h7H,5-6H2,1-4H3,(H,10,11). The van der Waals surface area contributed by atoms with E-state index in [2.05, 4.69) is 0 Å². The van der Waals surface area contributed by atoms with Crippen molar-refractivity contribution in [3.8, 4) is 0 Å². The van der Waals surface area contributed by atoms with Crippen molar-refractivity contribution in [1.29, 1.82) is 0 Å². The summed E-state index contributed by atoms with van der Waals surface area (Å²) in [6.07, 6.45) is 1.58. The van der Waals surface area contributed by atoms with Crippen LogP contribution in [0.15, 0.2) is 0 Å². The fraction of sp³-hybridized carbons (Fsp3) is 0.889. The molecule has 0 spiro atoms. The predicted molar refractivity (Wildman–Crippen MR) is 47.1 cm³/mol. The molecule has 0 aromatic carbocycles. The second kappa shape index (κ2) is 4.45. The zero-order valence-corrected chi connectivity index (χ0v) is 8.26. The van der Waals surface area contributed by atoms with Crippen molar-refractivity contribution >= 4 is 5.97 Å². The maximum atomic E-state index is 10.7. The Kier molecular flexibility index (Phi) is 4.24. The lowest BCUT2D eigenvalue weighted by Crippen LogP contribution is -2.25. The fourth-order valence-corrected chi connectivity index (χ4v) is 0.789. The zero-order valence-electron chi connectivity index (χ0n) is 8.26. The van der Waals surface area contributed by atoms with Crippen LogP contribution in [0.3, 0.4) is 0 Å². The van der Waals surface area contributed by atoms with Crippen LogP contribution in [0.1, 0.15) is 33.6 Å². The van der Waals surface area contributed by atoms with E-state index in [1.165, 1.54) is 0 Å².